The van der Waals surface area contributed by atoms with E-state index >= 15 is 0 Å². The summed E-state index contributed by atoms with van der Waals surface area (Å²) in [5.41, 5.74) is 1.38. The minimum atomic E-state index is -1.03. The molecule has 0 spiro atoms. The lowest BCUT2D eigenvalue weighted by Gasteiger charge is -2.10. The molecule has 2 aromatic carbocycles. The third-order valence-electron chi connectivity index (χ3n) is 3.40. The first-order chi connectivity index (χ1) is 11.6. The lowest BCUT2D eigenvalue weighted by molar-refractivity contribution is -0.130. The highest BCUT2D eigenvalue weighted by Gasteiger charge is 2.11. The molecule has 6 nitrogen and oxygen atoms in total. The fraction of sp³-hybridized carbons (Fsp3) is 0.167. The normalized spacial score (nSPS) is 10.9. The number of anilines is 1. The van der Waals surface area contributed by atoms with E-state index in [1.807, 2.05) is 0 Å². The number of ether oxygens (including phenoxy) is 3. The third kappa shape index (κ3) is 3.98. The summed E-state index contributed by atoms with van der Waals surface area (Å²) in [6.07, 6.45) is 1.44. The van der Waals surface area contributed by atoms with Crippen LogP contribution in [-0.2, 0) is 4.79 Å². The quantitative estimate of drug-likeness (QED) is 0.759. The smallest absolute Gasteiger partial charge is 0.337 e. The Kier molecular flexibility index (Phi) is 5.68. The molecule has 126 valence electrons. The number of carboxylic acid groups (broad SMARTS) is 1. The molecule has 0 saturated heterocycles. The number of benzene rings is 2. The van der Waals surface area contributed by atoms with Gasteiger partial charge in [-0.05, 0) is 29.8 Å². The highest BCUT2D eigenvalue weighted by Crippen LogP contribution is 2.30. The lowest BCUT2D eigenvalue weighted by Crippen LogP contribution is -2.03. The SMILES string of the molecule is COc1ccc(/C(=C/Nc2ccc(OC)c(OC)c2)C(=O)O)cc1. The molecule has 0 amide bonds. The summed E-state index contributed by atoms with van der Waals surface area (Å²) in [6, 6.07) is 12.0. The van der Waals surface area contributed by atoms with Crippen LogP contribution in [0.25, 0.3) is 5.57 Å². The molecule has 24 heavy (non-hydrogen) atoms. The van der Waals surface area contributed by atoms with E-state index in [0.29, 0.717) is 28.5 Å². The Bertz CT molecular complexity index is 738. The van der Waals surface area contributed by atoms with Crippen LogP contribution in [0.5, 0.6) is 17.2 Å². The Labute approximate surface area is 140 Å². The van der Waals surface area contributed by atoms with Gasteiger partial charge in [0.15, 0.2) is 11.5 Å². The fourth-order valence-electron chi connectivity index (χ4n) is 2.12. The predicted molar refractivity (Wildman–Crippen MR) is 91.8 cm³/mol. The molecule has 0 atom stereocenters. The maximum atomic E-state index is 11.5. The summed E-state index contributed by atoms with van der Waals surface area (Å²) >= 11 is 0. The molecule has 0 aliphatic heterocycles. The molecule has 0 heterocycles. The van der Waals surface area contributed by atoms with Gasteiger partial charge < -0.3 is 24.6 Å². The number of rotatable bonds is 7. The Morgan fingerprint density at radius 1 is 0.958 bits per heavy atom. The number of hydrogen-bond acceptors (Lipinski definition) is 5. The van der Waals surface area contributed by atoms with Crippen molar-refractivity contribution in [2.24, 2.45) is 0 Å². The number of carbonyl (C=O) groups is 1. The highest BCUT2D eigenvalue weighted by atomic mass is 16.5. The summed E-state index contributed by atoms with van der Waals surface area (Å²) in [6.45, 7) is 0. The van der Waals surface area contributed by atoms with E-state index in [-0.39, 0.29) is 5.57 Å². The monoisotopic (exact) mass is 329 g/mol. The van der Waals surface area contributed by atoms with Crippen molar-refractivity contribution >= 4 is 17.2 Å². The number of carboxylic acids is 1. The van der Waals surface area contributed by atoms with Gasteiger partial charge in [0.1, 0.15) is 5.75 Å². The van der Waals surface area contributed by atoms with Gasteiger partial charge in [-0.2, -0.15) is 0 Å². The van der Waals surface area contributed by atoms with Crippen molar-refractivity contribution in [3.63, 3.8) is 0 Å². The summed E-state index contributed by atoms with van der Waals surface area (Å²) in [5, 5.41) is 12.4. The second-order valence-electron chi connectivity index (χ2n) is 4.81. The molecular formula is C18H19NO5. The molecule has 2 aromatic rings. The summed E-state index contributed by atoms with van der Waals surface area (Å²) in [4.78, 5) is 11.5. The highest BCUT2D eigenvalue weighted by molar-refractivity contribution is 6.15. The topological polar surface area (TPSA) is 77.0 Å². The van der Waals surface area contributed by atoms with Crippen LogP contribution >= 0.6 is 0 Å². The molecule has 0 bridgehead atoms. The zero-order chi connectivity index (χ0) is 17.5. The molecular weight excluding hydrogens is 310 g/mol. The number of methoxy groups -OCH3 is 3. The average Bonchev–Trinajstić information content (AvgIpc) is 2.61. The maximum Gasteiger partial charge on any atom is 0.337 e. The first kappa shape index (κ1) is 17.2. The van der Waals surface area contributed by atoms with Gasteiger partial charge in [0.05, 0.1) is 26.9 Å². The molecule has 0 unspecified atom stereocenters. The van der Waals surface area contributed by atoms with Crippen molar-refractivity contribution < 1.29 is 24.1 Å². The number of hydrogen-bond donors (Lipinski definition) is 2. The van der Waals surface area contributed by atoms with E-state index in [2.05, 4.69) is 5.32 Å². The lowest BCUT2D eigenvalue weighted by atomic mass is 10.1. The second-order valence-corrected chi connectivity index (χ2v) is 4.81. The molecule has 0 saturated carbocycles. The summed E-state index contributed by atoms with van der Waals surface area (Å²) < 4.78 is 15.5. The molecule has 0 aliphatic rings. The van der Waals surface area contributed by atoms with Crippen LogP contribution in [0.4, 0.5) is 5.69 Å². The molecule has 2 N–H and O–H groups in total. The zero-order valence-electron chi connectivity index (χ0n) is 13.7. The molecule has 6 heteroatoms. The molecule has 0 fully saturated rings. The Hall–Kier alpha value is -3.15. The van der Waals surface area contributed by atoms with Crippen LogP contribution in [0, 0.1) is 0 Å². The van der Waals surface area contributed by atoms with Crippen molar-refractivity contribution in [1.29, 1.82) is 0 Å². The summed E-state index contributed by atoms with van der Waals surface area (Å²) in [7, 11) is 4.65. The molecule has 0 radical (unpaired) electrons. The van der Waals surface area contributed by atoms with Gasteiger partial charge in [-0.3, -0.25) is 0 Å². The van der Waals surface area contributed by atoms with E-state index in [1.54, 1.807) is 56.7 Å². The fourth-order valence-corrected chi connectivity index (χ4v) is 2.12. The van der Waals surface area contributed by atoms with Gasteiger partial charge >= 0.3 is 5.97 Å². The van der Waals surface area contributed by atoms with Gasteiger partial charge in [-0.15, -0.1) is 0 Å². The predicted octanol–water partition coefficient (Wildman–Crippen LogP) is 3.25. The zero-order valence-corrected chi connectivity index (χ0v) is 13.7. The van der Waals surface area contributed by atoms with Gasteiger partial charge in [0.25, 0.3) is 0 Å². The Balaban J connectivity index is 2.26. The second kappa shape index (κ2) is 7.92. The van der Waals surface area contributed by atoms with Crippen LogP contribution in [0.15, 0.2) is 48.7 Å². The average molecular weight is 329 g/mol. The minimum absolute atomic E-state index is 0.132. The number of nitrogens with one attached hydrogen (secondary N) is 1. The Morgan fingerprint density at radius 2 is 1.62 bits per heavy atom. The van der Waals surface area contributed by atoms with Gasteiger partial charge in [0.2, 0.25) is 0 Å². The first-order valence-corrected chi connectivity index (χ1v) is 7.15. The van der Waals surface area contributed by atoms with Crippen molar-refractivity contribution in [3.8, 4) is 17.2 Å². The van der Waals surface area contributed by atoms with E-state index < -0.39 is 5.97 Å². The van der Waals surface area contributed by atoms with Crippen molar-refractivity contribution in [1.82, 2.24) is 0 Å². The molecule has 0 aromatic heterocycles. The molecule has 0 aliphatic carbocycles. The van der Waals surface area contributed by atoms with Crippen molar-refractivity contribution in [3.05, 3.63) is 54.2 Å². The van der Waals surface area contributed by atoms with Gasteiger partial charge in [-0.25, -0.2) is 4.79 Å². The molecule has 2 rings (SSSR count). The maximum absolute atomic E-state index is 11.5. The minimum Gasteiger partial charge on any atom is -0.497 e. The van der Waals surface area contributed by atoms with E-state index in [1.165, 1.54) is 13.3 Å². The van der Waals surface area contributed by atoms with Gasteiger partial charge in [-0.1, -0.05) is 12.1 Å². The van der Waals surface area contributed by atoms with E-state index in [4.69, 9.17) is 14.2 Å². The third-order valence-corrected chi connectivity index (χ3v) is 3.40. The summed E-state index contributed by atoms with van der Waals surface area (Å²) in [5.74, 6) is 0.780. The van der Waals surface area contributed by atoms with Crippen molar-refractivity contribution in [2.45, 2.75) is 0 Å². The Morgan fingerprint density at radius 3 is 2.17 bits per heavy atom. The van der Waals surface area contributed by atoms with Crippen LogP contribution in [0.1, 0.15) is 5.56 Å². The van der Waals surface area contributed by atoms with Crippen LogP contribution in [0.2, 0.25) is 0 Å². The number of aliphatic carboxylic acids is 1. The first-order valence-electron chi connectivity index (χ1n) is 7.15. The largest absolute Gasteiger partial charge is 0.497 e. The van der Waals surface area contributed by atoms with Crippen LogP contribution in [-0.4, -0.2) is 32.4 Å². The van der Waals surface area contributed by atoms with Crippen LogP contribution < -0.4 is 19.5 Å². The van der Waals surface area contributed by atoms with Crippen molar-refractivity contribution in [2.75, 3.05) is 26.6 Å². The van der Waals surface area contributed by atoms with E-state index in [9.17, 15) is 9.90 Å². The van der Waals surface area contributed by atoms with Crippen LogP contribution in [0.3, 0.4) is 0 Å². The van der Waals surface area contributed by atoms with Gasteiger partial charge in [0, 0.05) is 18.0 Å². The van der Waals surface area contributed by atoms with E-state index in [0.717, 1.165) is 0 Å². The standard InChI is InChI=1S/C18H19NO5/c1-22-14-7-4-12(5-8-14)15(18(20)21)11-19-13-6-9-16(23-2)17(10-13)24-3/h4-11,19H,1-3H3,(H,20,21)/b15-11-.